The van der Waals surface area contributed by atoms with Gasteiger partial charge in [0.2, 0.25) is 0 Å². The number of likely N-dealkylation sites (N-methyl/N-ethyl adjacent to an activating group) is 1. The van der Waals surface area contributed by atoms with Crippen LogP contribution in [0.2, 0.25) is 0 Å². The minimum Gasteiger partial charge on any atom is -0.398 e. The van der Waals surface area contributed by atoms with E-state index in [1.807, 2.05) is 19.1 Å². The van der Waals surface area contributed by atoms with Crippen molar-refractivity contribution in [2.45, 2.75) is 33.2 Å². The zero-order valence-electron chi connectivity index (χ0n) is 12.4. The van der Waals surface area contributed by atoms with Gasteiger partial charge in [-0.2, -0.15) is 0 Å². The Labute approximate surface area is 116 Å². The average molecular weight is 263 g/mol. The molecule has 0 aromatic heterocycles. The number of nitrogens with two attached hydrogens (primary N) is 1. The fraction of sp³-hybridized carbons (Fsp3) is 0.533. The molecule has 0 aliphatic heterocycles. The SMILES string of the molecule is CCC(C)N(C)CCNC(=O)c1c(C)cccc1N. The van der Waals surface area contributed by atoms with Gasteiger partial charge in [0.1, 0.15) is 0 Å². The highest BCUT2D eigenvalue weighted by Crippen LogP contribution is 2.15. The van der Waals surface area contributed by atoms with Crippen molar-refractivity contribution in [3.8, 4) is 0 Å². The quantitative estimate of drug-likeness (QED) is 0.772. The smallest absolute Gasteiger partial charge is 0.253 e. The molecule has 1 atom stereocenters. The van der Waals surface area contributed by atoms with Crippen molar-refractivity contribution in [3.63, 3.8) is 0 Å². The zero-order chi connectivity index (χ0) is 14.4. The van der Waals surface area contributed by atoms with Crippen LogP contribution in [0.1, 0.15) is 36.2 Å². The number of rotatable bonds is 6. The summed E-state index contributed by atoms with van der Waals surface area (Å²) < 4.78 is 0. The largest absolute Gasteiger partial charge is 0.398 e. The molecule has 0 aliphatic carbocycles. The van der Waals surface area contributed by atoms with E-state index >= 15 is 0 Å². The molecule has 0 fully saturated rings. The molecule has 3 N–H and O–H groups in total. The van der Waals surface area contributed by atoms with Crippen LogP contribution in [0, 0.1) is 6.92 Å². The van der Waals surface area contributed by atoms with Crippen LogP contribution in [-0.2, 0) is 0 Å². The first-order valence-corrected chi connectivity index (χ1v) is 6.80. The van der Waals surface area contributed by atoms with Gasteiger partial charge < -0.3 is 16.0 Å². The van der Waals surface area contributed by atoms with Crippen molar-refractivity contribution in [2.24, 2.45) is 0 Å². The van der Waals surface area contributed by atoms with Crippen molar-refractivity contribution < 1.29 is 4.79 Å². The Balaban J connectivity index is 2.53. The lowest BCUT2D eigenvalue weighted by Gasteiger charge is -2.23. The van der Waals surface area contributed by atoms with Gasteiger partial charge in [-0.05, 0) is 38.9 Å². The van der Waals surface area contributed by atoms with Crippen molar-refractivity contribution in [1.29, 1.82) is 0 Å². The van der Waals surface area contributed by atoms with E-state index in [1.54, 1.807) is 6.07 Å². The summed E-state index contributed by atoms with van der Waals surface area (Å²) in [5.74, 6) is -0.0897. The third kappa shape index (κ3) is 4.24. The van der Waals surface area contributed by atoms with Gasteiger partial charge in [-0.25, -0.2) is 0 Å². The van der Waals surface area contributed by atoms with Gasteiger partial charge >= 0.3 is 0 Å². The molecule has 0 saturated heterocycles. The van der Waals surface area contributed by atoms with Crippen molar-refractivity contribution in [2.75, 3.05) is 25.9 Å². The molecule has 0 bridgehead atoms. The monoisotopic (exact) mass is 263 g/mol. The van der Waals surface area contributed by atoms with E-state index in [1.165, 1.54) is 0 Å². The van der Waals surface area contributed by atoms with Gasteiger partial charge in [0.05, 0.1) is 5.56 Å². The number of amides is 1. The van der Waals surface area contributed by atoms with Gasteiger partial charge in [0.25, 0.3) is 5.91 Å². The molecule has 4 nitrogen and oxygen atoms in total. The number of aryl methyl sites for hydroxylation is 1. The minimum atomic E-state index is -0.0897. The van der Waals surface area contributed by atoms with E-state index in [9.17, 15) is 4.79 Å². The molecule has 0 aliphatic rings. The Morgan fingerprint density at radius 1 is 1.47 bits per heavy atom. The van der Waals surface area contributed by atoms with E-state index in [-0.39, 0.29) is 5.91 Å². The number of benzene rings is 1. The highest BCUT2D eigenvalue weighted by Gasteiger charge is 2.12. The van der Waals surface area contributed by atoms with Gasteiger partial charge in [-0.15, -0.1) is 0 Å². The summed E-state index contributed by atoms with van der Waals surface area (Å²) in [5, 5.41) is 2.93. The van der Waals surface area contributed by atoms with Crippen LogP contribution >= 0.6 is 0 Å². The van der Waals surface area contributed by atoms with Crippen LogP contribution < -0.4 is 11.1 Å². The number of carbonyl (C=O) groups is 1. The zero-order valence-corrected chi connectivity index (χ0v) is 12.4. The van der Waals surface area contributed by atoms with Crippen LogP contribution in [0.3, 0.4) is 0 Å². The van der Waals surface area contributed by atoms with Crippen LogP contribution in [-0.4, -0.2) is 37.0 Å². The maximum atomic E-state index is 12.1. The summed E-state index contributed by atoms with van der Waals surface area (Å²) in [4.78, 5) is 14.3. The standard InChI is InChI=1S/C15H25N3O/c1-5-12(3)18(4)10-9-17-15(19)14-11(2)7-6-8-13(14)16/h6-8,12H,5,9-10,16H2,1-4H3,(H,17,19). The van der Waals surface area contributed by atoms with E-state index in [0.29, 0.717) is 23.8 Å². The molecule has 4 heteroatoms. The lowest BCUT2D eigenvalue weighted by atomic mass is 10.1. The average Bonchev–Trinajstić information content (AvgIpc) is 2.37. The summed E-state index contributed by atoms with van der Waals surface area (Å²) in [5.41, 5.74) is 7.89. The number of nitrogens with zero attached hydrogens (tertiary/aromatic N) is 1. The number of anilines is 1. The highest BCUT2D eigenvalue weighted by molar-refractivity contribution is 6.00. The summed E-state index contributed by atoms with van der Waals surface area (Å²) in [6.45, 7) is 7.71. The molecule has 1 unspecified atom stereocenters. The predicted octanol–water partition coefficient (Wildman–Crippen LogP) is 2.04. The van der Waals surface area contributed by atoms with Crippen molar-refractivity contribution >= 4 is 11.6 Å². The van der Waals surface area contributed by atoms with Crippen molar-refractivity contribution in [3.05, 3.63) is 29.3 Å². The van der Waals surface area contributed by atoms with Gasteiger partial charge in [0, 0.05) is 24.8 Å². The molecule has 0 heterocycles. The molecule has 1 amide bonds. The van der Waals surface area contributed by atoms with E-state index in [4.69, 9.17) is 5.73 Å². The number of hydrogen-bond donors (Lipinski definition) is 2. The second-order valence-electron chi connectivity index (χ2n) is 5.03. The lowest BCUT2D eigenvalue weighted by molar-refractivity contribution is 0.0947. The Morgan fingerprint density at radius 2 is 2.16 bits per heavy atom. The number of hydrogen-bond acceptors (Lipinski definition) is 3. The number of nitrogens with one attached hydrogen (secondary N) is 1. The topological polar surface area (TPSA) is 58.4 Å². The number of nitrogen functional groups attached to an aromatic ring is 1. The Kier molecular flexibility index (Phi) is 5.83. The second kappa shape index (κ2) is 7.14. The molecule has 106 valence electrons. The Morgan fingerprint density at radius 3 is 2.74 bits per heavy atom. The summed E-state index contributed by atoms with van der Waals surface area (Å²) in [6, 6.07) is 6.04. The summed E-state index contributed by atoms with van der Waals surface area (Å²) in [6.07, 6.45) is 1.11. The van der Waals surface area contributed by atoms with Gasteiger partial charge in [-0.1, -0.05) is 19.1 Å². The molecular formula is C15H25N3O. The maximum Gasteiger partial charge on any atom is 0.253 e. The Hall–Kier alpha value is -1.55. The van der Waals surface area contributed by atoms with Crippen LogP contribution in [0.4, 0.5) is 5.69 Å². The lowest BCUT2D eigenvalue weighted by Crippen LogP contribution is -2.37. The highest BCUT2D eigenvalue weighted by atomic mass is 16.1. The summed E-state index contributed by atoms with van der Waals surface area (Å²) >= 11 is 0. The summed E-state index contributed by atoms with van der Waals surface area (Å²) in [7, 11) is 2.07. The second-order valence-corrected chi connectivity index (χ2v) is 5.03. The van der Waals surface area contributed by atoms with Gasteiger partial charge in [0.15, 0.2) is 0 Å². The maximum absolute atomic E-state index is 12.1. The third-order valence-corrected chi connectivity index (χ3v) is 3.63. The van der Waals surface area contributed by atoms with Crippen LogP contribution in [0.15, 0.2) is 18.2 Å². The van der Waals surface area contributed by atoms with Crippen LogP contribution in [0.5, 0.6) is 0 Å². The van der Waals surface area contributed by atoms with E-state index < -0.39 is 0 Å². The van der Waals surface area contributed by atoms with E-state index in [2.05, 4.69) is 31.1 Å². The first-order valence-electron chi connectivity index (χ1n) is 6.80. The first kappa shape index (κ1) is 15.5. The minimum absolute atomic E-state index is 0.0897. The Bertz CT molecular complexity index is 411. The molecule has 0 radical (unpaired) electrons. The molecular weight excluding hydrogens is 238 g/mol. The van der Waals surface area contributed by atoms with E-state index in [0.717, 1.165) is 18.5 Å². The molecule has 0 spiro atoms. The fourth-order valence-electron chi connectivity index (χ4n) is 1.97. The molecule has 1 aromatic carbocycles. The molecule has 19 heavy (non-hydrogen) atoms. The normalized spacial score (nSPS) is 12.5. The molecule has 0 saturated carbocycles. The number of carbonyl (C=O) groups excluding carboxylic acids is 1. The third-order valence-electron chi connectivity index (χ3n) is 3.63. The fourth-order valence-corrected chi connectivity index (χ4v) is 1.97. The molecule has 1 rings (SSSR count). The van der Waals surface area contributed by atoms with Gasteiger partial charge in [-0.3, -0.25) is 4.79 Å². The molecule has 1 aromatic rings. The predicted molar refractivity (Wildman–Crippen MR) is 80.3 cm³/mol. The first-order chi connectivity index (χ1) is 8.97. The van der Waals surface area contributed by atoms with Crippen molar-refractivity contribution in [1.82, 2.24) is 10.2 Å². The van der Waals surface area contributed by atoms with Crippen LogP contribution in [0.25, 0.3) is 0 Å².